The summed E-state index contributed by atoms with van der Waals surface area (Å²) in [6.45, 7) is 0.965. The van der Waals surface area contributed by atoms with Gasteiger partial charge < -0.3 is 10.0 Å². The predicted molar refractivity (Wildman–Crippen MR) is 97.4 cm³/mol. The lowest BCUT2D eigenvalue weighted by atomic mass is 9.83. The van der Waals surface area contributed by atoms with Crippen LogP contribution in [-0.4, -0.2) is 30.6 Å². The highest BCUT2D eigenvalue weighted by Gasteiger charge is 2.35. The first-order valence-electron chi connectivity index (χ1n) is 7.91. The smallest absolute Gasteiger partial charge is 0.0949 e. The highest BCUT2D eigenvalue weighted by molar-refractivity contribution is 7.99. The molecule has 0 amide bonds. The van der Waals surface area contributed by atoms with Crippen molar-refractivity contribution in [3.05, 3.63) is 58.6 Å². The van der Waals surface area contributed by atoms with E-state index in [9.17, 15) is 5.11 Å². The fraction of sp³-hybridized carbons (Fsp3) is 0.368. The van der Waals surface area contributed by atoms with Crippen LogP contribution >= 0.6 is 23.4 Å². The van der Waals surface area contributed by atoms with Crippen LogP contribution in [0.15, 0.2) is 52.3 Å². The Morgan fingerprint density at radius 3 is 2.74 bits per heavy atom. The number of rotatable bonds is 4. The summed E-state index contributed by atoms with van der Waals surface area (Å²) in [6, 6.07) is 14.2. The van der Waals surface area contributed by atoms with E-state index in [1.54, 1.807) is 11.8 Å². The van der Waals surface area contributed by atoms with Gasteiger partial charge in [0.2, 0.25) is 0 Å². The Morgan fingerprint density at radius 1 is 1.17 bits per heavy atom. The zero-order valence-corrected chi connectivity index (χ0v) is 15.1. The third-order valence-electron chi connectivity index (χ3n) is 4.31. The number of halogens is 1. The largest absolute Gasteiger partial charge is 0.385 e. The molecule has 0 spiro atoms. The molecule has 23 heavy (non-hydrogen) atoms. The van der Waals surface area contributed by atoms with E-state index in [1.165, 1.54) is 10.5 Å². The summed E-state index contributed by atoms with van der Waals surface area (Å²) in [4.78, 5) is 4.48. The average molecular weight is 348 g/mol. The predicted octanol–water partition coefficient (Wildman–Crippen LogP) is 4.58. The molecule has 2 nitrogen and oxygen atoms in total. The highest BCUT2D eigenvalue weighted by atomic mass is 35.5. The summed E-state index contributed by atoms with van der Waals surface area (Å²) in [6.07, 6.45) is 2.31. The maximum absolute atomic E-state index is 11.5. The molecule has 0 bridgehead atoms. The van der Waals surface area contributed by atoms with Gasteiger partial charge in [0.1, 0.15) is 0 Å². The molecule has 0 saturated carbocycles. The van der Waals surface area contributed by atoms with Crippen molar-refractivity contribution in [1.82, 2.24) is 4.90 Å². The van der Waals surface area contributed by atoms with Crippen LogP contribution < -0.4 is 0 Å². The first kappa shape index (κ1) is 16.8. The number of nitrogens with zero attached hydrogens (tertiary/aromatic N) is 1. The number of fused-ring (bicyclic) bond motifs is 2. The molecule has 0 aliphatic carbocycles. The second-order valence-electron chi connectivity index (χ2n) is 6.47. The lowest BCUT2D eigenvalue weighted by Crippen LogP contribution is -2.30. The number of hydrogen-bond acceptors (Lipinski definition) is 3. The van der Waals surface area contributed by atoms with E-state index in [0.29, 0.717) is 11.4 Å². The van der Waals surface area contributed by atoms with Gasteiger partial charge in [0.15, 0.2) is 0 Å². The van der Waals surface area contributed by atoms with Gasteiger partial charge in [-0.2, -0.15) is 0 Å². The second kappa shape index (κ2) is 6.86. The highest BCUT2D eigenvalue weighted by Crippen LogP contribution is 2.45. The topological polar surface area (TPSA) is 23.5 Å². The van der Waals surface area contributed by atoms with Crippen molar-refractivity contribution < 1.29 is 5.11 Å². The molecular weight excluding hydrogens is 326 g/mol. The fourth-order valence-electron chi connectivity index (χ4n) is 3.14. The van der Waals surface area contributed by atoms with Gasteiger partial charge in [-0.15, -0.1) is 0 Å². The van der Waals surface area contributed by atoms with Crippen molar-refractivity contribution in [3.8, 4) is 0 Å². The SMILES string of the molecule is CN(C)CCCC1(O)Cc2ccccc2Sc2ccc(Cl)cc21. The summed E-state index contributed by atoms with van der Waals surface area (Å²) in [5, 5.41) is 12.2. The zero-order valence-electron chi connectivity index (χ0n) is 13.6. The first-order valence-corrected chi connectivity index (χ1v) is 9.10. The summed E-state index contributed by atoms with van der Waals surface area (Å²) >= 11 is 7.95. The Hall–Kier alpha value is -1.00. The van der Waals surface area contributed by atoms with Crippen LogP contribution in [-0.2, 0) is 12.0 Å². The van der Waals surface area contributed by atoms with Gasteiger partial charge in [0.25, 0.3) is 0 Å². The van der Waals surface area contributed by atoms with Crippen molar-refractivity contribution in [2.45, 2.75) is 34.7 Å². The van der Waals surface area contributed by atoms with E-state index in [1.807, 2.05) is 24.3 Å². The van der Waals surface area contributed by atoms with Crippen molar-refractivity contribution in [1.29, 1.82) is 0 Å². The van der Waals surface area contributed by atoms with Crippen LogP contribution in [0.2, 0.25) is 5.02 Å². The van der Waals surface area contributed by atoms with E-state index in [4.69, 9.17) is 11.6 Å². The summed E-state index contributed by atoms with van der Waals surface area (Å²) < 4.78 is 0. The van der Waals surface area contributed by atoms with Gasteiger partial charge in [-0.25, -0.2) is 0 Å². The van der Waals surface area contributed by atoms with Gasteiger partial charge in [-0.3, -0.25) is 0 Å². The first-order chi connectivity index (χ1) is 11.0. The number of benzene rings is 2. The van der Waals surface area contributed by atoms with Crippen LogP contribution in [0.25, 0.3) is 0 Å². The Morgan fingerprint density at radius 2 is 1.96 bits per heavy atom. The lowest BCUT2D eigenvalue weighted by Gasteiger charge is -2.29. The summed E-state index contributed by atoms with van der Waals surface area (Å²) in [5.41, 5.74) is 1.30. The van der Waals surface area contributed by atoms with Crippen molar-refractivity contribution in [3.63, 3.8) is 0 Å². The number of hydrogen-bond donors (Lipinski definition) is 1. The van der Waals surface area contributed by atoms with Gasteiger partial charge in [0.05, 0.1) is 5.60 Å². The summed E-state index contributed by atoms with van der Waals surface area (Å²) in [7, 11) is 4.13. The van der Waals surface area contributed by atoms with Crippen molar-refractivity contribution in [2.75, 3.05) is 20.6 Å². The molecule has 1 aliphatic rings. The van der Waals surface area contributed by atoms with Crippen LogP contribution in [0.4, 0.5) is 0 Å². The number of aliphatic hydroxyl groups is 1. The van der Waals surface area contributed by atoms with Crippen molar-refractivity contribution >= 4 is 23.4 Å². The van der Waals surface area contributed by atoms with Crippen LogP contribution in [0.5, 0.6) is 0 Å². The molecule has 3 rings (SSSR count). The van der Waals surface area contributed by atoms with Gasteiger partial charge >= 0.3 is 0 Å². The van der Waals surface area contributed by atoms with E-state index < -0.39 is 5.60 Å². The van der Waals surface area contributed by atoms with Gasteiger partial charge in [-0.1, -0.05) is 41.6 Å². The lowest BCUT2D eigenvalue weighted by molar-refractivity contribution is 0.0214. The molecule has 122 valence electrons. The Balaban J connectivity index is 2.01. The van der Waals surface area contributed by atoms with Crippen LogP contribution in [0, 0.1) is 0 Å². The Bertz CT molecular complexity index is 704. The van der Waals surface area contributed by atoms with E-state index in [-0.39, 0.29) is 0 Å². The van der Waals surface area contributed by atoms with Gasteiger partial charge in [-0.05, 0) is 68.9 Å². The molecule has 0 saturated heterocycles. The monoisotopic (exact) mass is 347 g/mol. The third-order valence-corrected chi connectivity index (χ3v) is 5.74. The second-order valence-corrected chi connectivity index (χ2v) is 7.99. The minimum absolute atomic E-state index is 0.636. The molecule has 1 unspecified atom stereocenters. The molecule has 1 aliphatic heterocycles. The maximum Gasteiger partial charge on any atom is 0.0949 e. The minimum atomic E-state index is -0.865. The molecule has 1 heterocycles. The van der Waals surface area contributed by atoms with E-state index >= 15 is 0 Å². The van der Waals surface area contributed by atoms with Crippen LogP contribution in [0.1, 0.15) is 24.0 Å². The molecule has 4 heteroatoms. The molecular formula is C19H22ClNOS. The summed E-state index contributed by atoms with van der Waals surface area (Å²) in [5.74, 6) is 0. The molecule has 0 fully saturated rings. The van der Waals surface area contributed by atoms with Crippen LogP contribution in [0.3, 0.4) is 0 Å². The fourth-order valence-corrected chi connectivity index (χ4v) is 4.47. The molecule has 0 aromatic heterocycles. The quantitative estimate of drug-likeness (QED) is 0.875. The third kappa shape index (κ3) is 3.74. The van der Waals surface area contributed by atoms with E-state index in [0.717, 1.165) is 29.8 Å². The van der Waals surface area contributed by atoms with Crippen molar-refractivity contribution in [2.24, 2.45) is 0 Å². The standard InChI is InChI=1S/C19H22ClNOS/c1-21(2)11-5-10-19(22)13-14-6-3-4-7-17(14)23-18-9-8-15(20)12-16(18)19/h3-4,6-9,12,22H,5,10-11,13H2,1-2H3. The minimum Gasteiger partial charge on any atom is -0.385 e. The normalized spacial score (nSPS) is 20.0. The average Bonchev–Trinajstić information content (AvgIpc) is 2.61. The molecule has 1 atom stereocenters. The zero-order chi connectivity index (χ0) is 16.4. The molecule has 1 N–H and O–H groups in total. The van der Waals surface area contributed by atoms with Gasteiger partial charge in [0, 0.05) is 21.2 Å². The Kier molecular flexibility index (Phi) is 5.02. The molecule has 2 aromatic carbocycles. The van der Waals surface area contributed by atoms with E-state index in [2.05, 4.69) is 37.2 Å². The molecule has 2 aromatic rings. The maximum atomic E-state index is 11.5. The Labute approximate surface area is 147 Å². The molecule has 0 radical (unpaired) electrons.